The standard InChI is InChI=1S/C26H30N2O3/c1-17-8-7-11-19(14-17)25-24(18-9-5-4-6-10-18)21-13-12-20(26(30)31)15-22(21)28(25)16-23(29)27(2)3/h7-8,11-15,18H,4-6,9-10,16H2,1-3H3,(H,30,31). The zero-order valence-corrected chi connectivity index (χ0v) is 18.5. The van der Waals surface area contributed by atoms with Gasteiger partial charge in [-0.1, -0.05) is 49.1 Å². The molecule has 1 N–H and O–H groups in total. The smallest absolute Gasteiger partial charge is 0.335 e. The van der Waals surface area contributed by atoms with E-state index in [9.17, 15) is 14.7 Å². The Morgan fingerprint density at radius 3 is 2.45 bits per heavy atom. The Morgan fingerprint density at radius 2 is 1.81 bits per heavy atom. The lowest BCUT2D eigenvalue weighted by molar-refractivity contribution is -0.129. The minimum atomic E-state index is -0.954. The molecule has 0 radical (unpaired) electrons. The Balaban J connectivity index is 2.05. The lowest BCUT2D eigenvalue weighted by atomic mass is 9.81. The molecule has 1 fully saturated rings. The van der Waals surface area contributed by atoms with E-state index in [4.69, 9.17) is 0 Å². The largest absolute Gasteiger partial charge is 0.478 e. The maximum atomic E-state index is 12.8. The van der Waals surface area contributed by atoms with Crippen molar-refractivity contribution in [2.24, 2.45) is 0 Å². The maximum Gasteiger partial charge on any atom is 0.335 e. The lowest BCUT2D eigenvalue weighted by Gasteiger charge is -2.24. The molecule has 2 aromatic carbocycles. The summed E-state index contributed by atoms with van der Waals surface area (Å²) in [6, 6.07) is 13.7. The number of aromatic carboxylic acids is 1. The van der Waals surface area contributed by atoms with Gasteiger partial charge in [0.2, 0.25) is 5.91 Å². The summed E-state index contributed by atoms with van der Waals surface area (Å²) < 4.78 is 2.04. The number of fused-ring (bicyclic) bond motifs is 1. The number of carbonyl (C=O) groups is 2. The topological polar surface area (TPSA) is 62.5 Å². The molecule has 31 heavy (non-hydrogen) atoms. The van der Waals surface area contributed by atoms with Crippen LogP contribution in [0.2, 0.25) is 0 Å². The highest BCUT2D eigenvalue weighted by molar-refractivity contribution is 5.99. The van der Waals surface area contributed by atoms with Gasteiger partial charge >= 0.3 is 5.97 Å². The summed E-state index contributed by atoms with van der Waals surface area (Å²) in [7, 11) is 3.51. The van der Waals surface area contributed by atoms with Crippen LogP contribution in [0.4, 0.5) is 0 Å². The molecule has 0 bridgehead atoms. The highest BCUT2D eigenvalue weighted by Crippen LogP contribution is 2.44. The van der Waals surface area contributed by atoms with Crippen molar-refractivity contribution in [3.8, 4) is 11.3 Å². The molecule has 1 aromatic heterocycles. The zero-order valence-electron chi connectivity index (χ0n) is 18.5. The number of carboxylic acids is 1. The normalized spacial score (nSPS) is 14.7. The third kappa shape index (κ3) is 4.09. The van der Waals surface area contributed by atoms with E-state index < -0.39 is 5.97 Å². The van der Waals surface area contributed by atoms with Crippen LogP contribution in [0.3, 0.4) is 0 Å². The van der Waals surface area contributed by atoms with Crippen molar-refractivity contribution in [1.29, 1.82) is 0 Å². The number of benzene rings is 2. The second kappa shape index (κ2) is 8.58. The monoisotopic (exact) mass is 418 g/mol. The number of aromatic nitrogens is 1. The molecule has 1 aliphatic rings. The van der Waals surface area contributed by atoms with E-state index in [0.29, 0.717) is 5.92 Å². The van der Waals surface area contributed by atoms with Crippen LogP contribution in [0, 0.1) is 6.92 Å². The number of carbonyl (C=O) groups excluding carboxylic acids is 1. The molecule has 5 nitrogen and oxygen atoms in total. The molecular formula is C26H30N2O3. The van der Waals surface area contributed by atoms with Gasteiger partial charge < -0.3 is 14.6 Å². The average molecular weight is 419 g/mol. The van der Waals surface area contributed by atoms with E-state index in [1.807, 2.05) is 16.7 Å². The fourth-order valence-electron chi connectivity index (χ4n) is 4.86. The van der Waals surface area contributed by atoms with Crippen molar-refractivity contribution in [2.75, 3.05) is 14.1 Å². The summed E-state index contributed by atoms with van der Waals surface area (Å²) in [4.78, 5) is 26.1. The van der Waals surface area contributed by atoms with E-state index in [0.717, 1.165) is 40.6 Å². The van der Waals surface area contributed by atoms with Gasteiger partial charge in [-0.05, 0) is 55.0 Å². The molecule has 1 saturated carbocycles. The molecule has 3 aromatic rings. The van der Waals surface area contributed by atoms with Gasteiger partial charge in [-0.2, -0.15) is 0 Å². The van der Waals surface area contributed by atoms with Gasteiger partial charge in [-0.3, -0.25) is 4.79 Å². The van der Waals surface area contributed by atoms with Crippen LogP contribution in [-0.4, -0.2) is 40.5 Å². The van der Waals surface area contributed by atoms with Crippen LogP contribution in [-0.2, 0) is 11.3 Å². The van der Waals surface area contributed by atoms with Gasteiger partial charge in [0.05, 0.1) is 16.8 Å². The summed E-state index contributed by atoms with van der Waals surface area (Å²) in [5.41, 5.74) is 5.64. The van der Waals surface area contributed by atoms with Crippen LogP contribution in [0.5, 0.6) is 0 Å². The first kappa shape index (κ1) is 21.2. The predicted molar refractivity (Wildman–Crippen MR) is 124 cm³/mol. The average Bonchev–Trinajstić information content (AvgIpc) is 3.07. The molecule has 1 aliphatic carbocycles. The fraction of sp³-hybridized carbons (Fsp3) is 0.385. The van der Waals surface area contributed by atoms with Crippen LogP contribution >= 0.6 is 0 Å². The molecule has 4 rings (SSSR count). The summed E-state index contributed by atoms with van der Waals surface area (Å²) in [5, 5.41) is 10.7. The van der Waals surface area contributed by atoms with Gasteiger partial charge in [-0.25, -0.2) is 4.79 Å². The van der Waals surface area contributed by atoms with Gasteiger partial charge in [0.15, 0.2) is 0 Å². The van der Waals surface area contributed by atoms with E-state index in [1.54, 1.807) is 31.1 Å². The number of hydrogen-bond donors (Lipinski definition) is 1. The quantitative estimate of drug-likeness (QED) is 0.599. The third-order valence-electron chi connectivity index (χ3n) is 6.45. The van der Waals surface area contributed by atoms with Gasteiger partial charge in [0.25, 0.3) is 0 Å². The third-order valence-corrected chi connectivity index (χ3v) is 6.45. The summed E-state index contributed by atoms with van der Waals surface area (Å²) in [6.45, 7) is 2.26. The molecule has 1 heterocycles. The van der Waals surface area contributed by atoms with E-state index >= 15 is 0 Å². The Morgan fingerprint density at radius 1 is 1.06 bits per heavy atom. The van der Waals surface area contributed by atoms with Crippen LogP contribution in [0.15, 0.2) is 42.5 Å². The Hall–Kier alpha value is -3.08. The highest BCUT2D eigenvalue weighted by Gasteiger charge is 2.28. The van der Waals surface area contributed by atoms with Crippen molar-refractivity contribution >= 4 is 22.8 Å². The molecule has 162 valence electrons. The van der Waals surface area contributed by atoms with Gasteiger partial charge in [-0.15, -0.1) is 0 Å². The van der Waals surface area contributed by atoms with Gasteiger partial charge in [0, 0.05) is 19.5 Å². The predicted octanol–water partition coefficient (Wildman–Crippen LogP) is 5.45. The number of aryl methyl sites for hydroxylation is 1. The summed E-state index contributed by atoms with van der Waals surface area (Å²) in [5.74, 6) is -0.551. The lowest BCUT2D eigenvalue weighted by Crippen LogP contribution is -2.26. The molecular weight excluding hydrogens is 388 g/mol. The first-order chi connectivity index (χ1) is 14.9. The molecule has 0 spiro atoms. The number of hydrogen-bond acceptors (Lipinski definition) is 2. The molecule has 0 saturated heterocycles. The van der Waals surface area contributed by atoms with Crippen molar-refractivity contribution in [1.82, 2.24) is 9.47 Å². The van der Waals surface area contributed by atoms with Crippen molar-refractivity contribution in [3.05, 3.63) is 59.2 Å². The molecule has 0 aliphatic heterocycles. The number of rotatable bonds is 5. The molecule has 0 atom stereocenters. The first-order valence-electron chi connectivity index (χ1n) is 11.0. The minimum absolute atomic E-state index is 0.0123. The Labute approximate surface area is 183 Å². The van der Waals surface area contributed by atoms with Crippen molar-refractivity contribution < 1.29 is 14.7 Å². The van der Waals surface area contributed by atoms with E-state index in [2.05, 4.69) is 25.1 Å². The number of carboxylic acid groups (broad SMARTS) is 1. The highest BCUT2D eigenvalue weighted by atomic mass is 16.4. The maximum absolute atomic E-state index is 12.8. The van der Waals surface area contributed by atoms with Gasteiger partial charge in [0.1, 0.15) is 6.54 Å². The Bertz CT molecular complexity index is 1140. The minimum Gasteiger partial charge on any atom is -0.478 e. The number of amides is 1. The number of nitrogens with zero attached hydrogens (tertiary/aromatic N) is 2. The van der Waals surface area contributed by atoms with E-state index in [-0.39, 0.29) is 18.0 Å². The van der Waals surface area contributed by atoms with Crippen molar-refractivity contribution in [3.63, 3.8) is 0 Å². The first-order valence-corrected chi connectivity index (χ1v) is 11.0. The second-order valence-electron chi connectivity index (χ2n) is 8.88. The molecule has 5 heteroatoms. The van der Waals surface area contributed by atoms with Crippen LogP contribution < -0.4 is 0 Å². The second-order valence-corrected chi connectivity index (χ2v) is 8.88. The summed E-state index contributed by atoms with van der Waals surface area (Å²) >= 11 is 0. The zero-order chi connectivity index (χ0) is 22.1. The van der Waals surface area contributed by atoms with Crippen LogP contribution in [0.1, 0.15) is 59.5 Å². The Kier molecular flexibility index (Phi) is 5.86. The van der Waals surface area contributed by atoms with Crippen molar-refractivity contribution in [2.45, 2.75) is 51.5 Å². The molecule has 0 unspecified atom stereocenters. The SMILES string of the molecule is Cc1cccc(-c2c(C3CCCCC3)c3ccc(C(=O)O)cc3n2CC(=O)N(C)C)c1. The van der Waals surface area contributed by atoms with Crippen LogP contribution in [0.25, 0.3) is 22.2 Å². The van der Waals surface area contributed by atoms with E-state index in [1.165, 1.54) is 24.8 Å². The number of likely N-dealkylation sites (N-methyl/N-ethyl adjacent to an activating group) is 1. The fourth-order valence-corrected chi connectivity index (χ4v) is 4.86. The molecule has 1 amide bonds. The summed E-state index contributed by atoms with van der Waals surface area (Å²) in [6.07, 6.45) is 5.92.